The lowest BCUT2D eigenvalue weighted by Crippen LogP contribution is -2.11. The average Bonchev–Trinajstić information content (AvgIpc) is 3.62. The summed E-state index contributed by atoms with van der Waals surface area (Å²) in [7, 11) is 0. The normalized spacial score (nSPS) is 11.3. The molecule has 0 spiro atoms. The maximum absolute atomic E-state index is 6.35. The Labute approximate surface area is 314 Å². The predicted molar refractivity (Wildman–Crippen MR) is 228 cm³/mol. The number of rotatable bonds is 7. The lowest BCUT2D eigenvalue weighted by atomic mass is 9.96. The molecule has 10 rings (SSSR count). The summed E-state index contributed by atoms with van der Waals surface area (Å²) in [4.78, 5) is 2.38. The van der Waals surface area contributed by atoms with Gasteiger partial charge in [0.25, 0.3) is 0 Å². The topological polar surface area (TPSA) is 16.4 Å². The molecular weight excluding hydrogens is 655 g/mol. The summed E-state index contributed by atoms with van der Waals surface area (Å²) >= 11 is 0. The Hall–Kier alpha value is -7.16. The van der Waals surface area contributed by atoms with Gasteiger partial charge in [0.15, 0.2) is 0 Å². The highest BCUT2D eigenvalue weighted by Gasteiger charge is 2.19. The van der Waals surface area contributed by atoms with Gasteiger partial charge in [-0.05, 0) is 110 Å². The lowest BCUT2D eigenvalue weighted by molar-refractivity contribution is 0.669. The first-order chi connectivity index (χ1) is 26.7. The Bertz CT molecular complexity index is 2940. The van der Waals surface area contributed by atoms with Gasteiger partial charge in [0.2, 0.25) is 0 Å². The van der Waals surface area contributed by atoms with Gasteiger partial charge in [-0.25, -0.2) is 0 Å². The molecule has 9 aromatic carbocycles. The maximum atomic E-state index is 6.35. The van der Waals surface area contributed by atoms with Crippen LogP contribution in [0.25, 0.3) is 77.2 Å². The Morgan fingerprint density at radius 3 is 1.74 bits per heavy atom. The van der Waals surface area contributed by atoms with E-state index in [0.29, 0.717) is 0 Å². The van der Waals surface area contributed by atoms with Gasteiger partial charge in [0, 0.05) is 27.7 Å². The van der Waals surface area contributed by atoms with E-state index in [1.165, 1.54) is 38.6 Å². The van der Waals surface area contributed by atoms with E-state index in [-0.39, 0.29) is 0 Å². The van der Waals surface area contributed by atoms with Crippen molar-refractivity contribution in [3.8, 4) is 44.5 Å². The minimum Gasteiger partial charge on any atom is -0.456 e. The van der Waals surface area contributed by atoms with E-state index in [4.69, 9.17) is 4.42 Å². The summed E-state index contributed by atoms with van der Waals surface area (Å²) in [5.74, 6) is 0. The molecule has 0 amide bonds. The van der Waals surface area contributed by atoms with Crippen molar-refractivity contribution in [2.75, 3.05) is 4.90 Å². The number of benzene rings is 9. The van der Waals surface area contributed by atoms with Crippen molar-refractivity contribution in [2.24, 2.45) is 0 Å². The molecule has 0 fully saturated rings. The zero-order valence-electron chi connectivity index (χ0n) is 29.6. The van der Waals surface area contributed by atoms with E-state index >= 15 is 0 Å². The number of anilines is 3. The van der Waals surface area contributed by atoms with Crippen LogP contribution in [0.5, 0.6) is 0 Å². The second-order valence-corrected chi connectivity index (χ2v) is 13.8. The summed E-state index contributed by atoms with van der Waals surface area (Å²) in [5.41, 5.74) is 14.4. The van der Waals surface area contributed by atoms with E-state index in [1.807, 2.05) is 12.1 Å². The first-order valence-corrected chi connectivity index (χ1v) is 18.4. The molecule has 0 aliphatic rings. The molecule has 54 heavy (non-hydrogen) atoms. The van der Waals surface area contributed by atoms with Gasteiger partial charge in [-0.1, -0.05) is 152 Å². The van der Waals surface area contributed by atoms with E-state index in [1.54, 1.807) is 0 Å². The summed E-state index contributed by atoms with van der Waals surface area (Å²) < 4.78 is 6.35. The number of hydrogen-bond donors (Lipinski definition) is 0. The number of nitrogens with zero attached hydrogens (tertiary/aromatic N) is 1. The number of fused-ring (bicyclic) bond motifs is 4. The molecule has 0 radical (unpaired) electrons. The fourth-order valence-electron chi connectivity index (χ4n) is 7.74. The fraction of sp³-hybridized carbons (Fsp3) is 0. The second kappa shape index (κ2) is 13.4. The molecule has 0 N–H and O–H groups in total. The molecule has 0 aliphatic heterocycles. The Morgan fingerprint density at radius 1 is 0.296 bits per heavy atom. The molecule has 2 nitrogen and oxygen atoms in total. The zero-order chi connectivity index (χ0) is 35.8. The van der Waals surface area contributed by atoms with Gasteiger partial charge in [-0.3, -0.25) is 0 Å². The van der Waals surface area contributed by atoms with Gasteiger partial charge in [0.05, 0.1) is 5.69 Å². The zero-order valence-corrected chi connectivity index (χ0v) is 29.6. The molecule has 0 unspecified atom stereocenters. The van der Waals surface area contributed by atoms with Crippen LogP contribution in [0, 0.1) is 0 Å². The molecule has 0 atom stereocenters. The van der Waals surface area contributed by atoms with Crippen LogP contribution in [-0.4, -0.2) is 0 Å². The molecule has 254 valence electrons. The van der Waals surface area contributed by atoms with E-state index < -0.39 is 0 Å². The van der Waals surface area contributed by atoms with Crippen molar-refractivity contribution in [1.29, 1.82) is 0 Å². The minimum atomic E-state index is 0.885. The second-order valence-electron chi connectivity index (χ2n) is 13.8. The van der Waals surface area contributed by atoms with Gasteiger partial charge in [-0.15, -0.1) is 0 Å². The summed E-state index contributed by atoms with van der Waals surface area (Å²) in [6.45, 7) is 0. The van der Waals surface area contributed by atoms with Crippen molar-refractivity contribution >= 4 is 49.8 Å². The molecule has 0 saturated heterocycles. The monoisotopic (exact) mass is 689 g/mol. The largest absolute Gasteiger partial charge is 0.456 e. The van der Waals surface area contributed by atoms with Crippen LogP contribution in [-0.2, 0) is 0 Å². The van der Waals surface area contributed by atoms with Crippen LogP contribution < -0.4 is 4.90 Å². The van der Waals surface area contributed by atoms with Crippen LogP contribution >= 0.6 is 0 Å². The first kappa shape index (κ1) is 31.6. The SMILES string of the molecule is c1ccc(-c2ccc(N(c3cccc(-c4cccc(-c5ccc6ccccc6c5)c4)c3)c3ccccc3-c3ccc4c(c3)oc3ccccc34)cc2)cc1. The third-order valence-electron chi connectivity index (χ3n) is 10.5. The molecule has 1 heterocycles. The van der Waals surface area contributed by atoms with E-state index in [9.17, 15) is 0 Å². The van der Waals surface area contributed by atoms with Crippen molar-refractivity contribution in [3.63, 3.8) is 0 Å². The van der Waals surface area contributed by atoms with E-state index in [0.717, 1.165) is 55.7 Å². The number of furan rings is 1. The highest BCUT2D eigenvalue weighted by atomic mass is 16.3. The molecule has 2 heteroatoms. The van der Waals surface area contributed by atoms with Crippen molar-refractivity contribution in [3.05, 3.63) is 212 Å². The predicted octanol–water partition coefficient (Wildman–Crippen LogP) is 14.9. The standard InChI is InChI=1S/C52H35NO/c1-2-12-36(13-3-1)38-26-29-45(30-27-38)53(50-22-8-6-20-47(50)44-28-31-49-48-21-7-9-23-51(48)54-52(49)35-44)46-19-11-18-42(34-46)40-16-10-17-41(33-40)43-25-24-37-14-4-5-15-39(37)32-43/h1-35H. The summed E-state index contributed by atoms with van der Waals surface area (Å²) in [6.07, 6.45) is 0. The molecular formula is C52H35NO. The first-order valence-electron chi connectivity index (χ1n) is 18.4. The van der Waals surface area contributed by atoms with Gasteiger partial charge in [0.1, 0.15) is 11.2 Å². The van der Waals surface area contributed by atoms with Crippen LogP contribution in [0.1, 0.15) is 0 Å². The molecule has 0 bridgehead atoms. The molecule has 0 saturated carbocycles. The number of para-hydroxylation sites is 2. The number of hydrogen-bond acceptors (Lipinski definition) is 2. The third kappa shape index (κ3) is 5.81. The van der Waals surface area contributed by atoms with Crippen LogP contribution in [0.4, 0.5) is 17.1 Å². The Kier molecular flexibility index (Phi) is 7.85. The van der Waals surface area contributed by atoms with Crippen LogP contribution in [0.2, 0.25) is 0 Å². The third-order valence-corrected chi connectivity index (χ3v) is 10.5. The summed E-state index contributed by atoms with van der Waals surface area (Å²) in [5, 5.41) is 4.75. The van der Waals surface area contributed by atoms with Crippen LogP contribution in [0.15, 0.2) is 217 Å². The van der Waals surface area contributed by atoms with Crippen molar-refractivity contribution in [1.82, 2.24) is 0 Å². The van der Waals surface area contributed by atoms with Crippen LogP contribution in [0.3, 0.4) is 0 Å². The van der Waals surface area contributed by atoms with Gasteiger partial charge in [-0.2, -0.15) is 0 Å². The maximum Gasteiger partial charge on any atom is 0.136 e. The quantitative estimate of drug-likeness (QED) is 0.166. The fourth-order valence-corrected chi connectivity index (χ4v) is 7.74. The average molecular weight is 690 g/mol. The Morgan fingerprint density at radius 2 is 0.889 bits per heavy atom. The van der Waals surface area contributed by atoms with Crippen molar-refractivity contribution in [2.45, 2.75) is 0 Å². The van der Waals surface area contributed by atoms with Gasteiger partial charge < -0.3 is 9.32 Å². The smallest absolute Gasteiger partial charge is 0.136 e. The Balaban J connectivity index is 1.10. The van der Waals surface area contributed by atoms with Crippen molar-refractivity contribution < 1.29 is 4.42 Å². The minimum absolute atomic E-state index is 0.885. The van der Waals surface area contributed by atoms with Gasteiger partial charge >= 0.3 is 0 Å². The highest BCUT2D eigenvalue weighted by Crippen LogP contribution is 2.43. The molecule has 10 aromatic rings. The lowest BCUT2D eigenvalue weighted by Gasteiger charge is -2.28. The van der Waals surface area contributed by atoms with E-state index in [2.05, 4.69) is 205 Å². The highest BCUT2D eigenvalue weighted by molar-refractivity contribution is 6.06. The summed E-state index contributed by atoms with van der Waals surface area (Å²) in [6, 6.07) is 76.0. The molecule has 1 aromatic heterocycles. The molecule has 0 aliphatic carbocycles.